The van der Waals surface area contributed by atoms with Crippen LogP contribution >= 0.6 is 0 Å². The molecule has 0 radical (unpaired) electrons. The van der Waals surface area contributed by atoms with E-state index in [-0.39, 0.29) is 0 Å². The van der Waals surface area contributed by atoms with Gasteiger partial charge in [0.1, 0.15) is 0 Å². The van der Waals surface area contributed by atoms with Gasteiger partial charge < -0.3 is 5.32 Å². The van der Waals surface area contributed by atoms with E-state index < -0.39 is 9.84 Å². The van der Waals surface area contributed by atoms with Gasteiger partial charge in [0.15, 0.2) is 9.84 Å². The van der Waals surface area contributed by atoms with Crippen LogP contribution in [0.25, 0.3) is 0 Å². The molecule has 2 atom stereocenters. The molecule has 15 heavy (non-hydrogen) atoms. The van der Waals surface area contributed by atoms with Gasteiger partial charge in [-0.05, 0) is 12.5 Å². The third kappa shape index (κ3) is 2.52. The van der Waals surface area contributed by atoms with Crippen molar-refractivity contribution in [3.63, 3.8) is 0 Å². The van der Waals surface area contributed by atoms with Crippen molar-refractivity contribution in [1.29, 1.82) is 0 Å². The highest BCUT2D eigenvalue weighted by molar-refractivity contribution is 7.91. The molecule has 2 aliphatic rings. The van der Waals surface area contributed by atoms with Gasteiger partial charge in [0.2, 0.25) is 0 Å². The minimum atomic E-state index is -2.73. The fourth-order valence-electron chi connectivity index (χ4n) is 2.62. The van der Waals surface area contributed by atoms with Crippen molar-refractivity contribution >= 4 is 9.84 Å². The zero-order chi connectivity index (χ0) is 10.9. The van der Waals surface area contributed by atoms with Crippen LogP contribution in [0.2, 0.25) is 0 Å². The molecule has 88 valence electrons. The van der Waals surface area contributed by atoms with Crippen LogP contribution in [0.1, 0.15) is 13.3 Å². The second-order valence-corrected chi connectivity index (χ2v) is 6.89. The predicted octanol–water partition coefficient (Wildman–Crippen LogP) is -0.285. The van der Waals surface area contributed by atoms with E-state index in [1.807, 2.05) is 0 Å². The normalized spacial score (nSPS) is 36.9. The Bertz CT molecular complexity index is 301. The first kappa shape index (κ1) is 11.4. The molecule has 0 spiro atoms. The van der Waals surface area contributed by atoms with E-state index in [1.54, 1.807) is 0 Å². The first-order chi connectivity index (χ1) is 7.12. The Morgan fingerprint density at radius 3 is 2.53 bits per heavy atom. The number of sulfone groups is 1. The van der Waals surface area contributed by atoms with Crippen LogP contribution in [-0.2, 0) is 9.84 Å². The zero-order valence-corrected chi connectivity index (χ0v) is 10.1. The third-order valence-corrected chi connectivity index (χ3v) is 5.29. The molecule has 2 saturated heterocycles. The quantitative estimate of drug-likeness (QED) is 0.711. The van der Waals surface area contributed by atoms with E-state index in [9.17, 15) is 8.42 Å². The largest absolute Gasteiger partial charge is 0.315 e. The maximum absolute atomic E-state index is 11.3. The van der Waals surface area contributed by atoms with Crippen molar-refractivity contribution in [3.05, 3.63) is 0 Å². The smallest absolute Gasteiger partial charge is 0.152 e. The number of nitrogens with zero attached hydrogens (tertiary/aromatic N) is 1. The number of rotatable bonds is 2. The third-order valence-electron chi connectivity index (χ3n) is 3.68. The summed E-state index contributed by atoms with van der Waals surface area (Å²) in [6.07, 6.45) is 1.18. The van der Waals surface area contributed by atoms with Gasteiger partial charge in [-0.1, -0.05) is 13.3 Å². The van der Waals surface area contributed by atoms with Gasteiger partial charge in [0.05, 0.1) is 11.5 Å². The summed E-state index contributed by atoms with van der Waals surface area (Å²) < 4.78 is 22.6. The number of nitrogens with one attached hydrogen (secondary N) is 1. The van der Waals surface area contributed by atoms with E-state index in [2.05, 4.69) is 17.1 Å². The molecule has 0 aliphatic carbocycles. The first-order valence-corrected chi connectivity index (χ1v) is 7.59. The zero-order valence-electron chi connectivity index (χ0n) is 9.28. The Kier molecular flexibility index (Phi) is 3.33. The Morgan fingerprint density at radius 1 is 1.27 bits per heavy atom. The summed E-state index contributed by atoms with van der Waals surface area (Å²) in [5.41, 5.74) is 0. The summed E-state index contributed by atoms with van der Waals surface area (Å²) in [6, 6.07) is 0.561. The standard InChI is InChI=1S/C10H20N2O2S/c1-2-9-7-11-8-10(9)12-3-5-15(13,14)6-4-12/h9-11H,2-8H2,1H3. The molecule has 0 aromatic carbocycles. The Hall–Kier alpha value is -0.130. The molecule has 0 aromatic heterocycles. The van der Waals surface area contributed by atoms with Crippen molar-refractivity contribution in [2.75, 3.05) is 37.7 Å². The van der Waals surface area contributed by atoms with Gasteiger partial charge in [-0.25, -0.2) is 8.42 Å². The summed E-state index contributed by atoms with van der Waals surface area (Å²) in [6.45, 7) is 5.78. The van der Waals surface area contributed by atoms with Crippen LogP contribution < -0.4 is 5.32 Å². The average molecular weight is 232 g/mol. The lowest BCUT2D eigenvalue weighted by molar-refractivity contribution is 0.183. The maximum atomic E-state index is 11.3. The van der Waals surface area contributed by atoms with Crippen molar-refractivity contribution < 1.29 is 8.42 Å². The molecule has 2 rings (SSSR count). The summed E-state index contributed by atoms with van der Waals surface area (Å²) >= 11 is 0. The van der Waals surface area contributed by atoms with Crippen molar-refractivity contribution in [2.45, 2.75) is 19.4 Å². The van der Waals surface area contributed by atoms with Gasteiger partial charge in [-0.15, -0.1) is 0 Å². The lowest BCUT2D eigenvalue weighted by Gasteiger charge is -2.34. The highest BCUT2D eigenvalue weighted by Gasteiger charge is 2.33. The monoisotopic (exact) mass is 232 g/mol. The minimum absolute atomic E-state index is 0.347. The molecule has 1 N–H and O–H groups in total. The summed E-state index contributed by atoms with van der Waals surface area (Å²) in [4.78, 5) is 2.36. The molecule has 2 aliphatic heterocycles. The van der Waals surface area contributed by atoms with Gasteiger partial charge in [0.25, 0.3) is 0 Å². The number of hydrogen-bond donors (Lipinski definition) is 1. The average Bonchev–Trinajstić information content (AvgIpc) is 2.65. The Labute approximate surface area is 91.9 Å². The van der Waals surface area contributed by atoms with E-state index >= 15 is 0 Å². The number of hydrogen-bond acceptors (Lipinski definition) is 4. The molecule has 5 heteroatoms. The Balaban J connectivity index is 1.95. The van der Waals surface area contributed by atoms with Crippen LogP contribution in [0.15, 0.2) is 0 Å². The molecule has 2 unspecified atom stereocenters. The van der Waals surface area contributed by atoms with Crippen molar-refractivity contribution in [2.24, 2.45) is 5.92 Å². The minimum Gasteiger partial charge on any atom is -0.315 e. The molecular formula is C10H20N2O2S. The fraction of sp³-hybridized carbons (Fsp3) is 1.00. The second-order valence-electron chi connectivity index (χ2n) is 4.58. The molecule has 0 aromatic rings. The van der Waals surface area contributed by atoms with Crippen LogP contribution in [0.5, 0.6) is 0 Å². The van der Waals surface area contributed by atoms with E-state index in [0.717, 1.165) is 26.2 Å². The van der Waals surface area contributed by atoms with Gasteiger partial charge >= 0.3 is 0 Å². The summed E-state index contributed by atoms with van der Waals surface area (Å²) in [7, 11) is -2.73. The maximum Gasteiger partial charge on any atom is 0.152 e. The van der Waals surface area contributed by atoms with Crippen LogP contribution in [0, 0.1) is 5.92 Å². The lowest BCUT2D eigenvalue weighted by Crippen LogP contribution is -2.49. The molecule has 0 saturated carbocycles. The highest BCUT2D eigenvalue weighted by atomic mass is 32.2. The second kappa shape index (κ2) is 4.39. The molecule has 2 fully saturated rings. The molecule has 0 bridgehead atoms. The van der Waals surface area contributed by atoms with E-state index in [1.165, 1.54) is 6.42 Å². The van der Waals surface area contributed by atoms with E-state index in [0.29, 0.717) is 23.5 Å². The highest BCUT2D eigenvalue weighted by Crippen LogP contribution is 2.20. The molecular weight excluding hydrogens is 212 g/mol. The van der Waals surface area contributed by atoms with Gasteiger partial charge in [0, 0.05) is 25.7 Å². The fourth-order valence-corrected chi connectivity index (χ4v) is 3.85. The van der Waals surface area contributed by atoms with E-state index in [4.69, 9.17) is 0 Å². The molecule has 4 nitrogen and oxygen atoms in total. The molecule has 2 heterocycles. The summed E-state index contributed by atoms with van der Waals surface area (Å²) in [5.74, 6) is 1.39. The van der Waals surface area contributed by atoms with Crippen LogP contribution in [-0.4, -0.2) is 57.0 Å². The van der Waals surface area contributed by atoms with Gasteiger partial charge in [-0.2, -0.15) is 0 Å². The lowest BCUT2D eigenvalue weighted by atomic mass is 9.99. The van der Waals surface area contributed by atoms with Crippen molar-refractivity contribution in [3.8, 4) is 0 Å². The summed E-state index contributed by atoms with van der Waals surface area (Å²) in [5, 5.41) is 3.40. The van der Waals surface area contributed by atoms with Crippen LogP contribution in [0.4, 0.5) is 0 Å². The first-order valence-electron chi connectivity index (χ1n) is 5.77. The molecule has 0 amide bonds. The predicted molar refractivity (Wildman–Crippen MR) is 60.7 cm³/mol. The topological polar surface area (TPSA) is 49.4 Å². The Morgan fingerprint density at radius 2 is 1.93 bits per heavy atom. The van der Waals surface area contributed by atoms with Crippen LogP contribution in [0.3, 0.4) is 0 Å². The van der Waals surface area contributed by atoms with Crippen molar-refractivity contribution in [1.82, 2.24) is 10.2 Å². The van der Waals surface area contributed by atoms with Gasteiger partial charge in [-0.3, -0.25) is 4.90 Å². The SMILES string of the molecule is CCC1CNCC1N1CCS(=O)(=O)CC1.